The molecule has 0 atom stereocenters. The molecule has 1 rings (SSSR count). The smallest absolute Gasteiger partial charge is 0.345 e. The van der Waals surface area contributed by atoms with Crippen LogP contribution >= 0.6 is 0 Å². The van der Waals surface area contributed by atoms with E-state index in [1.54, 1.807) is 30.3 Å². The van der Waals surface area contributed by atoms with Crippen molar-refractivity contribution in [3.8, 4) is 0 Å². The van der Waals surface area contributed by atoms with Crippen molar-refractivity contribution in [2.75, 3.05) is 0 Å². The quantitative estimate of drug-likeness (QED) is 0.422. The molecule has 0 bridgehead atoms. The predicted octanol–water partition coefficient (Wildman–Crippen LogP) is 1.01. The Bertz CT molecular complexity index is 295. The SMILES string of the molecule is CC(=O)OC(=O)c1ccccc1.[Tl]. The average molecular weight is 369 g/mol. The van der Waals surface area contributed by atoms with Crippen LogP contribution in [0, 0.1) is 0 Å². The van der Waals surface area contributed by atoms with Gasteiger partial charge in [-0.2, -0.15) is 0 Å². The molecule has 0 saturated heterocycles. The van der Waals surface area contributed by atoms with Crippen LogP contribution in [0.2, 0.25) is 0 Å². The topological polar surface area (TPSA) is 43.4 Å². The number of rotatable bonds is 1. The van der Waals surface area contributed by atoms with E-state index in [1.165, 1.54) is 6.92 Å². The Morgan fingerprint density at radius 2 is 1.69 bits per heavy atom. The Labute approximate surface area is 96.2 Å². The maximum Gasteiger partial charge on any atom is 0.345 e. The molecule has 65 valence electrons. The monoisotopic (exact) mass is 369 g/mol. The minimum atomic E-state index is -0.608. The molecule has 0 unspecified atom stereocenters. The van der Waals surface area contributed by atoms with Crippen LogP contribution in [0.1, 0.15) is 17.3 Å². The van der Waals surface area contributed by atoms with Crippen molar-refractivity contribution in [3.05, 3.63) is 35.9 Å². The standard InChI is InChI=1S/C9H8O3.Tl/c1-7(10)12-9(11)8-5-3-2-4-6-8;/h2-6H,1H3;. The van der Waals surface area contributed by atoms with Gasteiger partial charge in [0.1, 0.15) is 0 Å². The summed E-state index contributed by atoms with van der Waals surface area (Å²) in [6.07, 6.45) is 0. The molecule has 0 aliphatic heterocycles. The molecule has 3 nitrogen and oxygen atoms in total. The van der Waals surface area contributed by atoms with Crippen LogP contribution < -0.4 is 0 Å². The van der Waals surface area contributed by atoms with Crippen LogP contribution in [0.5, 0.6) is 0 Å². The first-order valence-corrected chi connectivity index (χ1v) is 3.48. The van der Waals surface area contributed by atoms with Gasteiger partial charge in [0.15, 0.2) is 0 Å². The molecule has 0 N–H and O–H groups in total. The van der Waals surface area contributed by atoms with Crippen LogP contribution in [-0.2, 0) is 9.53 Å². The maximum absolute atomic E-state index is 11.0. The van der Waals surface area contributed by atoms with Crippen molar-refractivity contribution < 1.29 is 14.3 Å². The molecule has 1 aromatic carbocycles. The largest absolute Gasteiger partial charge is 0.390 e. The van der Waals surface area contributed by atoms with Gasteiger partial charge in [-0.25, -0.2) is 4.79 Å². The summed E-state index contributed by atoms with van der Waals surface area (Å²) in [6, 6.07) is 8.37. The normalized spacial score (nSPS) is 8.38. The third-order valence-electron chi connectivity index (χ3n) is 1.25. The third-order valence-corrected chi connectivity index (χ3v) is 1.25. The molecule has 4 heteroatoms. The molecular formula is C9H8O3Tl. The number of hydrogen-bond acceptors (Lipinski definition) is 3. The number of hydrogen-bond donors (Lipinski definition) is 0. The summed E-state index contributed by atoms with van der Waals surface area (Å²) in [4.78, 5) is 21.4. The van der Waals surface area contributed by atoms with Crippen LogP contribution in [0.25, 0.3) is 0 Å². The van der Waals surface area contributed by atoms with Crippen LogP contribution in [0.15, 0.2) is 30.3 Å². The Morgan fingerprint density at radius 1 is 1.15 bits per heavy atom. The molecule has 0 spiro atoms. The van der Waals surface area contributed by atoms with E-state index in [9.17, 15) is 9.59 Å². The number of esters is 2. The molecule has 0 amide bonds. The summed E-state index contributed by atoms with van der Waals surface area (Å²) >= 11 is 0. The van der Waals surface area contributed by atoms with Crippen molar-refractivity contribution in [3.63, 3.8) is 0 Å². The Balaban J connectivity index is 0.00000144. The minimum absolute atomic E-state index is 0. The number of carbonyl (C=O) groups excluding carboxylic acids is 2. The summed E-state index contributed by atoms with van der Waals surface area (Å²) in [7, 11) is 0. The van der Waals surface area contributed by atoms with Gasteiger partial charge >= 0.3 is 11.9 Å². The van der Waals surface area contributed by atoms with E-state index in [0.29, 0.717) is 5.56 Å². The van der Waals surface area contributed by atoms with Gasteiger partial charge in [-0.15, -0.1) is 0 Å². The third kappa shape index (κ3) is 4.16. The Hall–Kier alpha value is -0.718. The van der Waals surface area contributed by atoms with Crippen LogP contribution in [0.3, 0.4) is 0 Å². The second-order valence-corrected chi connectivity index (χ2v) is 2.25. The van der Waals surface area contributed by atoms with E-state index in [1.807, 2.05) is 0 Å². The molecule has 1 radical (unpaired) electrons. The van der Waals surface area contributed by atoms with Crippen molar-refractivity contribution in [1.82, 2.24) is 0 Å². The molecule has 0 heterocycles. The summed E-state index contributed by atoms with van der Waals surface area (Å²) in [6.45, 7) is 1.20. The number of ether oxygens (including phenoxy) is 1. The molecule has 0 fully saturated rings. The van der Waals surface area contributed by atoms with Gasteiger partial charge in [-0.1, -0.05) is 18.2 Å². The first-order chi connectivity index (χ1) is 5.70. The Kier molecular flexibility index (Phi) is 5.52. The van der Waals surface area contributed by atoms with E-state index < -0.39 is 11.9 Å². The summed E-state index contributed by atoms with van der Waals surface area (Å²) < 4.78 is 4.36. The summed E-state index contributed by atoms with van der Waals surface area (Å²) in [5.74, 6) is -1.20. The predicted molar refractivity (Wildman–Crippen MR) is 48.3 cm³/mol. The first-order valence-electron chi connectivity index (χ1n) is 3.48. The van der Waals surface area contributed by atoms with E-state index in [0.717, 1.165) is 0 Å². The fraction of sp³-hybridized carbons (Fsp3) is 0.111. The second kappa shape index (κ2) is 5.85. The minimum Gasteiger partial charge on any atom is -0.390 e. The Morgan fingerprint density at radius 3 is 2.15 bits per heavy atom. The number of carbonyl (C=O) groups is 2. The molecule has 0 saturated carbocycles. The second-order valence-electron chi connectivity index (χ2n) is 2.25. The summed E-state index contributed by atoms with van der Waals surface area (Å²) in [5.41, 5.74) is 0.382. The zero-order chi connectivity index (χ0) is 8.97. The van der Waals surface area contributed by atoms with E-state index in [4.69, 9.17) is 0 Å². The molecule has 0 aliphatic carbocycles. The number of benzene rings is 1. The van der Waals surface area contributed by atoms with Crippen molar-refractivity contribution in [2.45, 2.75) is 6.92 Å². The zero-order valence-electron chi connectivity index (χ0n) is 7.19. The van der Waals surface area contributed by atoms with E-state index >= 15 is 0 Å². The van der Waals surface area contributed by atoms with Gasteiger partial charge in [0, 0.05) is 34.2 Å². The fourth-order valence-electron chi connectivity index (χ4n) is 0.764. The average Bonchev–Trinajstić information content (AvgIpc) is 2.05. The molecule has 0 aromatic heterocycles. The van der Waals surface area contributed by atoms with Gasteiger partial charge in [0.2, 0.25) is 0 Å². The van der Waals surface area contributed by atoms with Gasteiger partial charge in [-0.05, 0) is 12.1 Å². The van der Waals surface area contributed by atoms with Gasteiger partial charge in [0.05, 0.1) is 5.56 Å². The van der Waals surface area contributed by atoms with Gasteiger partial charge in [-0.3, -0.25) is 4.79 Å². The fourth-order valence-corrected chi connectivity index (χ4v) is 0.764. The van der Waals surface area contributed by atoms with E-state index in [2.05, 4.69) is 4.74 Å². The van der Waals surface area contributed by atoms with Crippen molar-refractivity contribution >= 4 is 39.2 Å². The zero-order valence-corrected chi connectivity index (χ0v) is 11.7. The van der Waals surface area contributed by atoms with Crippen LogP contribution in [-0.4, -0.2) is 39.2 Å². The molecular weight excluding hydrogens is 360 g/mol. The summed E-state index contributed by atoms with van der Waals surface area (Å²) in [5, 5.41) is 0. The van der Waals surface area contributed by atoms with Crippen molar-refractivity contribution in [1.29, 1.82) is 0 Å². The molecule has 13 heavy (non-hydrogen) atoms. The molecule has 0 aliphatic rings. The van der Waals surface area contributed by atoms with Crippen molar-refractivity contribution in [2.24, 2.45) is 0 Å². The van der Waals surface area contributed by atoms with Gasteiger partial charge < -0.3 is 4.74 Å². The van der Waals surface area contributed by atoms with Crippen LogP contribution in [0.4, 0.5) is 0 Å². The maximum atomic E-state index is 11.0. The molecule has 1 aromatic rings. The van der Waals surface area contributed by atoms with Gasteiger partial charge in [0.25, 0.3) is 0 Å². The van der Waals surface area contributed by atoms with E-state index in [-0.39, 0.29) is 27.3 Å². The first kappa shape index (κ1) is 12.3.